The average Bonchev–Trinajstić information content (AvgIpc) is 4.08. The molecule has 2 aromatic heterocycles. The summed E-state index contributed by atoms with van der Waals surface area (Å²) in [5.41, 5.74) is 19.3. The second-order valence-electron chi connectivity index (χ2n) is 24.8. The first-order valence-corrected chi connectivity index (χ1v) is 26.8. The Balaban J connectivity index is 0.00000672. The van der Waals surface area contributed by atoms with Crippen LogP contribution in [-0.2, 0) is 42.7 Å². The fourth-order valence-electron chi connectivity index (χ4n) is 10.7. The molecule has 0 spiro atoms. The molecule has 5 nitrogen and oxygen atoms in total. The van der Waals surface area contributed by atoms with E-state index in [1.54, 1.807) is 0 Å². The maximum Gasteiger partial charge on any atom is 0.135 e. The molecule has 0 N–H and O–H groups in total. The SMILES string of the molecule is Cc1ccc2c(c1)N(c1c(-c3ccc(-c4ccccc4C(C)(C)C)cc3)cc(C(C)(C)C)cc1-c1cccc(C(C)(C)C)c1)[CH-]N2c1[c-]c(Oc2[c-]c3c(cc2)c2ccccc2n3-c2cc(C(C)(C)C)ccn2)ccc1.[Pt]. The Bertz CT molecular complexity index is 3840. The predicted octanol–water partition coefficient (Wildman–Crippen LogP) is 19.5. The van der Waals surface area contributed by atoms with Gasteiger partial charge in [-0.25, -0.2) is 4.98 Å². The van der Waals surface area contributed by atoms with E-state index in [4.69, 9.17) is 9.72 Å². The zero-order chi connectivity index (χ0) is 53.5. The molecular weight excluding hydrogens is 1120 g/mol. The first kappa shape index (κ1) is 53.2. The van der Waals surface area contributed by atoms with Gasteiger partial charge in [-0.2, -0.15) is 12.1 Å². The zero-order valence-electron chi connectivity index (χ0n) is 46.8. The van der Waals surface area contributed by atoms with Crippen molar-refractivity contribution in [2.24, 2.45) is 0 Å². The van der Waals surface area contributed by atoms with Crippen LogP contribution in [0.2, 0.25) is 0 Å². The first-order valence-electron chi connectivity index (χ1n) is 26.8. The molecule has 6 heteroatoms. The summed E-state index contributed by atoms with van der Waals surface area (Å²) in [7, 11) is 0. The van der Waals surface area contributed by atoms with Gasteiger partial charge in [0.15, 0.2) is 0 Å². The summed E-state index contributed by atoms with van der Waals surface area (Å²) in [4.78, 5) is 9.56. The maximum absolute atomic E-state index is 6.78. The molecule has 10 aromatic rings. The minimum Gasteiger partial charge on any atom is -0.509 e. The molecule has 0 radical (unpaired) electrons. The number of fused-ring (bicyclic) bond motifs is 4. The Hall–Kier alpha value is -7.20. The normalized spacial score (nSPS) is 13.1. The summed E-state index contributed by atoms with van der Waals surface area (Å²) in [6.45, 7) is 31.8. The Morgan fingerprint density at radius 1 is 0.468 bits per heavy atom. The van der Waals surface area contributed by atoms with E-state index in [1.807, 2.05) is 18.3 Å². The third kappa shape index (κ3) is 10.3. The van der Waals surface area contributed by atoms with Gasteiger partial charge in [-0.05, 0) is 127 Å². The van der Waals surface area contributed by atoms with Crippen LogP contribution in [0.1, 0.15) is 111 Å². The third-order valence-corrected chi connectivity index (χ3v) is 15.0. The molecule has 0 amide bonds. The van der Waals surface area contributed by atoms with Gasteiger partial charge in [-0.3, -0.25) is 0 Å². The zero-order valence-corrected chi connectivity index (χ0v) is 49.1. The van der Waals surface area contributed by atoms with Crippen molar-refractivity contribution in [1.29, 1.82) is 0 Å². The smallest absolute Gasteiger partial charge is 0.135 e. The van der Waals surface area contributed by atoms with E-state index in [1.165, 1.54) is 50.1 Å². The van der Waals surface area contributed by atoms with Crippen molar-refractivity contribution in [3.63, 3.8) is 0 Å². The number of para-hydroxylation sites is 1. The second kappa shape index (κ2) is 20.0. The third-order valence-electron chi connectivity index (χ3n) is 15.0. The van der Waals surface area contributed by atoms with Crippen LogP contribution < -0.4 is 14.5 Å². The van der Waals surface area contributed by atoms with Crippen molar-refractivity contribution < 1.29 is 25.8 Å². The number of benzene rings is 8. The van der Waals surface area contributed by atoms with Gasteiger partial charge in [0.05, 0.1) is 0 Å². The fourth-order valence-corrected chi connectivity index (χ4v) is 10.7. The molecule has 0 fully saturated rings. The molecule has 0 bridgehead atoms. The van der Waals surface area contributed by atoms with E-state index in [0.29, 0.717) is 11.5 Å². The fraction of sp³-hybridized carbons (Fsp3) is 0.239. The summed E-state index contributed by atoms with van der Waals surface area (Å²) < 4.78 is 8.98. The molecule has 3 heterocycles. The predicted molar refractivity (Wildman–Crippen MR) is 320 cm³/mol. The number of anilines is 4. The molecule has 77 heavy (non-hydrogen) atoms. The van der Waals surface area contributed by atoms with Crippen molar-refractivity contribution in [3.8, 4) is 50.7 Å². The van der Waals surface area contributed by atoms with Crippen LogP contribution >= 0.6 is 0 Å². The summed E-state index contributed by atoms with van der Waals surface area (Å²) in [6.07, 6.45) is 1.91. The number of hydrogen-bond acceptors (Lipinski definition) is 4. The van der Waals surface area contributed by atoms with Crippen LogP contribution in [0.25, 0.3) is 61.0 Å². The number of rotatable bonds is 8. The van der Waals surface area contributed by atoms with Crippen molar-refractivity contribution >= 4 is 44.6 Å². The van der Waals surface area contributed by atoms with Gasteiger partial charge < -0.3 is 19.1 Å². The van der Waals surface area contributed by atoms with Crippen LogP contribution in [0, 0.1) is 25.7 Å². The summed E-state index contributed by atoms with van der Waals surface area (Å²) in [5, 5.41) is 2.23. The number of aryl methyl sites for hydroxylation is 1. The largest absolute Gasteiger partial charge is 0.509 e. The molecule has 0 saturated heterocycles. The number of hydrogen-bond donors (Lipinski definition) is 0. The van der Waals surface area contributed by atoms with Crippen LogP contribution in [-0.4, -0.2) is 9.55 Å². The number of pyridine rings is 1. The van der Waals surface area contributed by atoms with E-state index < -0.39 is 0 Å². The molecular formula is C71H69N4OPt-3. The van der Waals surface area contributed by atoms with Crippen molar-refractivity contribution in [2.45, 2.75) is 112 Å². The first-order chi connectivity index (χ1) is 36.1. The van der Waals surface area contributed by atoms with E-state index in [2.05, 4.69) is 281 Å². The molecule has 392 valence electrons. The van der Waals surface area contributed by atoms with Gasteiger partial charge in [0.1, 0.15) is 5.82 Å². The van der Waals surface area contributed by atoms with Gasteiger partial charge in [-0.15, -0.1) is 48.1 Å². The molecule has 11 rings (SSSR count). The molecule has 8 aromatic carbocycles. The van der Waals surface area contributed by atoms with E-state index in [9.17, 15) is 0 Å². The standard InChI is InChI=1S/C71H69N4O.Pt/c1-46-28-35-63-65(38-46)74(45-73(63)53-22-19-23-54(43-53)76-55-33-34-58-57-25-15-17-27-62(57)75(64(58)44-55)66-42-51(36-37-72-66)69(5,6)7)67-59(48-31-29-47(30-32-48)56-24-14-16-26-61(56)71(11,12)13)40-52(70(8,9)10)41-60(67)49-20-18-21-50(39-49)68(2,3)4;/h14-42,45H,1-13H3;/q-3;. The van der Waals surface area contributed by atoms with Gasteiger partial charge in [0.25, 0.3) is 0 Å². The number of ether oxygens (including phenoxy) is 1. The number of aromatic nitrogens is 2. The quantitative estimate of drug-likeness (QED) is 0.142. The van der Waals surface area contributed by atoms with Gasteiger partial charge >= 0.3 is 0 Å². The Kier molecular flexibility index (Phi) is 13.8. The van der Waals surface area contributed by atoms with Gasteiger partial charge in [0, 0.05) is 72.5 Å². The van der Waals surface area contributed by atoms with Gasteiger partial charge in [0.2, 0.25) is 0 Å². The summed E-state index contributed by atoms with van der Waals surface area (Å²) >= 11 is 0. The number of nitrogens with zero attached hydrogens (tertiary/aromatic N) is 4. The molecule has 0 unspecified atom stereocenters. The van der Waals surface area contributed by atoms with Crippen LogP contribution in [0.5, 0.6) is 11.5 Å². The average molecular weight is 1190 g/mol. The maximum atomic E-state index is 6.78. The van der Waals surface area contributed by atoms with Gasteiger partial charge in [-0.1, -0.05) is 186 Å². The van der Waals surface area contributed by atoms with E-state index >= 15 is 0 Å². The topological polar surface area (TPSA) is 33.5 Å². The van der Waals surface area contributed by atoms with Crippen LogP contribution in [0.15, 0.2) is 176 Å². The van der Waals surface area contributed by atoms with Crippen molar-refractivity contribution in [2.75, 3.05) is 9.80 Å². The Morgan fingerprint density at radius 3 is 1.82 bits per heavy atom. The van der Waals surface area contributed by atoms with Crippen molar-refractivity contribution in [3.05, 3.63) is 223 Å². The van der Waals surface area contributed by atoms with Crippen molar-refractivity contribution in [1.82, 2.24) is 9.55 Å². The summed E-state index contributed by atoms with van der Waals surface area (Å²) in [6, 6.07) is 69.3. The minimum absolute atomic E-state index is 0. The second-order valence-corrected chi connectivity index (χ2v) is 24.8. The molecule has 0 atom stereocenters. The van der Waals surface area contributed by atoms with Crippen LogP contribution in [0.3, 0.4) is 0 Å². The van der Waals surface area contributed by atoms with E-state index in [0.717, 1.165) is 61.5 Å². The monoisotopic (exact) mass is 1190 g/mol. The molecule has 1 aliphatic rings. The Morgan fingerprint density at radius 2 is 1.10 bits per heavy atom. The molecule has 1 aliphatic heterocycles. The van der Waals surface area contributed by atoms with E-state index in [-0.39, 0.29) is 42.7 Å². The minimum atomic E-state index is -0.132. The Labute approximate surface area is 471 Å². The molecule has 0 aliphatic carbocycles. The summed E-state index contributed by atoms with van der Waals surface area (Å²) in [5.74, 6) is 2.04. The molecule has 0 saturated carbocycles. The van der Waals surface area contributed by atoms with Crippen LogP contribution in [0.4, 0.5) is 22.7 Å².